The molecule has 0 radical (unpaired) electrons. The molecule has 4 heteroatoms. The lowest BCUT2D eigenvalue weighted by Gasteiger charge is -2.37. The van der Waals surface area contributed by atoms with Crippen LogP contribution in [-0.4, -0.2) is 16.6 Å². The van der Waals surface area contributed by atoms with Crippen molar-refractivity contribution in [3.63, 3.8) is 0 Å². The number of aliphatic carboxylic acids is 1. The highest BCUT2D eigenvalue weighted by atomic mass is 35.5. The minimum absolute atomic E-state index is 0.439. The van der Waals surface area contributed by atoms with Crippen LogP contribution in [0.25, 0.3) is 0 Å². The van der Waals surface area contributed by atoms with Crippen molar-refractivity contribution < 1.29 is 9.90 Å². The highest BCUT2D eigenvalue weighted by Gasteiger charge is 2.41. The Morgan fingerprint density at radius 2 is 2.11 bits per heavy atom. The van der Waals surface area contributed by atoms with E-state index in [9.17, 15) is 9.90 Å². The van der Waals surface area contributed by atoms with Crippen molar-refractivity contribution in [2.24, 2.45) is 5.92 Å². The quantitative estimate of drug-likeness (QED) is 0.876. The van der Waals surface area contributed by atoms with E-state index in [1.54, 1.807) is 12.1 Å². The van der Waals surface area contributed by atoms with Gasteiger partial charge in [-0.3, -0.25) is 0 Å². The Hall–Kier alpha value is -1.22. The molecule has 0 spiro atoms. The minimum atomic E-state index is -0.828. The zero-order valence-electron chi connectivity index (χ0n) is 10.4. The molecule has 0 amide bonds. The third-order valence-corrected chi connectivity index (χ3v) is 3.89. The fourth-order valence-electron chi connectivity index (χ4n) is 2.72. The third kappa shape index (κ3) is 2.78. The lowest BCUT2D eigenvalue weighted by Crippen LogP contribution is -2.49. The third-order valence-electron chi connectivity index (χ3n) is 3.63. The first-order valence-electron chi connectivity index (χ1n) is 6.29. The van der Waals surface area contributed by atoms with Gasteiger partial charge in [0.15, 0.2) is 0 Å². The van der Waals surface area contributed by atoms with Crippen LogP contribution in [0, 0.1) is 5.92 Å². The Balaban J connectivity index is 2.20. The van der Waals surface area contributed by atoms with Gasteiger partial charge >= 0.3 is 5.97 Å². The van der Waals surface area contributed by atoms with Crippen molar-refractivity contribution in [3.05, 3.63) is 29.3 Å². The molecule has 0 aliphatic heterocycles. The minimum Gasteiger partial charge on any atom is -0.480 e. The number of benzene rings is 1. The molecule has 2 unspecified atom stereocenters. The van der Waals surface area contributed by atoms with Crippen molar-refractivity contribution >= 4 is 23.3 Å². The zero-order chi connectivity index (χ0) is 13.2. The molecule has 98 valence electrons. The van der Waals surface area contributed by atoms with E-state index >= 15 is 0 Å². The van der Waals surface area contributed by atoms with Gasteiger partial charge in [0, 0.05) is 10.7 Å². The summed E-state index contributed by atoms with van der Waals surface area (Å²) in [4.78, 5) is 11.6. The molecule has 2 rings (SSSR count). The number of halogens is 1. The molecule has 2 atom stereocenters. The highest BCUT2D eigenvalue weighted by Crippen LogP contribution is 2.35. The lowest BCUT2D eigenvalue weighted by atomic mass is 9.76. The summed E-state index contributed by atoms with van der Waals surface area (Å²) in [5.41, 5.74) is -0.0122. The van der Waals surface area contributed by atoms with Gasteiger partial charge in [0.25, 0.3) is 0 Å². The SMILES string of the molecule is CC1CCCC(Nc2ccc(Cl)cc2)(C(=O)O)C1. The molecule has 1 aliphatic rings. The number of nitrogens with one attached hydrogen (secondary N) is 1. The summed E-state index contributed by atoms with van der Waals surface area (Å²) in [6, 6.07) is 7.19. The molecule has 0 saturated heterocycles. The van der Waals surface area contributed by atoms with Gasteiger partial charge in [0.05, 0.1) is 0 Å². The second-order valence-corrected chi connectivity index (χ2v) is 5.66. The number of carbonyl (C=O) groups is 1. The van der Waals surface area contributed by atoms with E-state index < -0.39 is 11.5 Å². The number of anilines is 1. The predicted octanol–water partition coefficient (Wildman–Crippen LogP) is 3.79. The lowest BCUT2D eigenvalue weighted by molar-refractivity contribution is -0.144. The van der Waals surface area contributed by atoms with E-state index in [0.29, 0.717) is 23.8 Å². The summed E-state index contributed by atoms with van der Waals surface area (Å²) in [5, 5.41) is 13.4. The Morgan fingerprint density at radius 1 is 1.44 bits per heavy atom. The number of carboxylic acid groups (broad SMARTS) is 1. The van der Waals surface area contributed by atoms with Crippen molar-refractivity contribution in [1.82, 2.24) is 0 Å². The first-order chi connectivity index (χ1) is 8.52. The first-order valence-corrected chi connectivity index (χ1v) is 6.67. The van der Waals surface area contributed by atoms with E-state index in [1.165, 1.54) is 0 Å². The molecule has 1 saturated carbocycles. The van der Waals surface area contributed by atoms with Crippen LogP contribution < -0.4 is 5.32 Å². The number of hydrogen-bond acceptors (Lipinski definition) is 2. The monoisotopic (exact) mass is 267 g/mol. The summed E-state index contributed by atoms with van der Waals surface area (Å²) in [7, 11) is 0. The summed E-state index contributed by atoms with van der Waals surface area (Å²) < 4.78 is 0. The standard InChI is InChI=1S/C14H18ClNO2/c1-10-3-2-8-14(9-10,13(17)18)16-12-6-4-11(15)5-7-12/h4-7,10,16H,2-3,8-9H2,1H3,(H,17,18). The average Bonchev–Trinajstić information content (AvgIpc) is 2.32. The fourth-order valence-corrected chi connectivity index (χ4v) is 2.85. The van der Waals surface area contributed by atoms with Crippen LogP contribution >= 0.6 is 11.6 Å². The van der Waals surface area contributed by atoms with Crippen LogP contribution in [-0.2, 0) is 4.79 Å². The van der Waals surface area contributed by atoms with Gasteiger partial charge in [-0.25, -0.2) is 4.79 Å². The van der Waals surface area contributed by atoms with Crippen molar-refractivity contribution in [2.45, 2.75) is 38.1 Å². The molecule has 1 aromatic carbocycles. The maximum atomic E-state index is 11.6. The van der Waals surface area contributed by atoms with Crippen molar-refractivity contribution in [1.29, 1.82) is 0 Å². The van der Waals surface area contributed by atoms with E-state index in [0.717, 1.165) is 18.5 Å². The zero-order valence-corrected chi connectivity index (χ0v) is 11.2. The maximum Gasteiger partial charge on any atom is 0.329 e. The molecule has 1 aromatic rings. The van der Waals surface area contributed by atoms with E-state index in [2.05, 4.69) is 12.2 Å². The number of carboxylic acids is 1. The first kappa shape index (κ1) is 13.2. The van der Waals surface area contributed by atoms with Gasteiger partial charge in [-0.1, -0.05) is 31.4 Å². The van der Waals surface area contributed by atoms with Gasteiger partial charge in [-0.05, 0) is 43.0 Å². The summed E-state index contributed by atoms with van der Waals surface area (Å²) in [6.45, 7) is 2.11. The molecule has 0 heterocycles. The Bertz CT molecular complexity index is 432. The molecule has 1 fully saturated rings. The highest BCUT2D eigenvalue weighted by molar-refractivity contribution is 6.30. The largest absolute Gasteiger partial charge is 0.480 e. The fraction of sp³-hybridized carbons (Fsp3) is 0.500. The van der Waals surface area contributed by atoms with Gasteiger partial charge < -0.3 is 10.4 Å². The van der Waals surface area contributed by atoms with E-state index in [4.69, 9.17) is 11.6 Å². The van der Waals surface area contributed by atoms with Gasteiger partial charge in [0.2, 0.25) is 0 Å². The Kier molecular flexibility index (Phi) is 3.81. The van der Waals surface area contributed by atoms with Crippen LogP contribution in [0.1, 0.15) is 32.6 Å². The smallest absolute Gasteiger partial charge is 0.329 e. The van der Waals surface area contributed by atoms with Gasteiger partial charge in [-0.2, -0.15) is 0 Å². The van der Waals surface area contributed by atoms with Crippen molar-refractivity contribution in [2.75, 3.05) is 5.32 Å². The molecule has 0 bridgehead atoms. The summed E-state index contributed by atoms with van der Waals surface area (Å²) in [5.74, 6) is -0.321. The van der Waals surface area contributed by atoms with Crippen LogP contribution in [0.2, 0.25) is 5.02 Å². The van der Waals surface area contributed by atoms with Crippen LogP contribution in [0.3, 0.4) is 0 Å². The second kappa shape index (κ2) is 5.19. The summed E-state index contributed by atoms with van der Waals surface area (Å²) in [6.07, 6.45) is 3.41. The van der Waals surface area contributed by atoms with Gasteiger partial charge in [0.1, 0.15) is 5.54 Å². The van der Waals surface area contributed by atoms with Crippen molar-refractivity contribution in [3.8, 4) is 0 Å². The number of rotatable bonds is 3. The predicted molar refractivity (Wildman–Crippen MR) is 73.1 cm³/mol. The Morgan fingerprint density at radius 3 is 2.67 bits per heavy atom. The molecule has 1 aliphatic carbocycles. The Labute approximate surface area is 112 Å². The number of hydrogen-bond donors (Lipinski definition) is 2. The maximum absolute atomic E-state index is 11.6. The second-order valence-electron chi connectivity index (χ2n) is 5.22. The van der Waals surface area contributed by atoms with Crippen LogP contribution in [0.5, 0.6) is 0 Å². The summed E-state index contributed by atoms with van der Waals surface area (Å²) >= 11 is 5.83. The van der Waals surface area contributed by atoms with Crippen LogP contribution in [0.4, 0.5) is 5.69 Å². The van der Waals surface area contributed by atoms with E-state index in [-0.39, 0.29) is 0 Å². The van der Waals surface area contributed by atoms with E-state index in [1.807, 2.05) is 12.1 Å². The molecule has 0 aromatic heterocycles. The molecule has 18 heavy (non-hydrogen) atoms. The van der Waals surface area contributed by atoms with Crippen LogP contribution in [0.15, 0.2) is 24.3 Å². The van der Waals surface area contributed by atoms with Gasteiger partial charge in [-0.15, -0.1) is 0 Å². The molecular weight excluding hydrogens is 250 g/mol. The molecule has 2 N–H and O–H groups in total. The normalized spacial score (nSPS) is 27.8. The molecule has 3 nitrogen and oxygen atoms in total. The topological polar surface area (TPSA) is 49.3 Å². The average molecular weight is 268 g/mol. The molecular formula is C14H18ClNO2.